The third-order valence-electron chi connectivity index (χ3n) is 7.78. The Kier molecular flexibility index (Phi) is 8.69. The van der Waals surface area contributed by atoms with Crippen molar-refractivity contribution in [2.45, 2.75) is 83.0 Å². The van der Waals surface area contributed by atoms with Crippen LogP contribution in [0.15, 0.2) is 24.3 Å². The van der Waals surface area contributed by atoms with E-state index in [1.807, 2.05) is 24.0 Å². The average molecular weight is 509 g/mol. The van der Waals surface area contributed by atoms with Crippen LogP contribution in [-0.2, 0) is 27.1 Å². The van der Waals surface area contributed by atoms with Crippen LogP contribution >= 0.6 is 0 Å². The van der Waals surface area contributed by atoms with Crippen LogP contribution in [0.2, 0.25) is 0 Å². The molecule has 37 heavy (non-hydrogen) atoms. The van der Waals surface area contributed by atoms with Gasteiger partial charge in [-0.2, -0.15) is 0 Å². The van der Waals surface area contributed by atoms with Gasteiger partial charge in [0.25, 0.3) is 0 Å². The van der Waals surface area contributed by atoms with Gasteiger partial charge in [0, 0.05) is 49.8 Å². The molecule has 8 nitrogen and oxygen atoms in total. The first kappa shape index (κ1) is 26.1. The maximum atomic E-state index is 12.5. The lowest BCUT2D eigenvalue weighted by Crippen LogP contribution is -2.35. The maximum absolute atomic E-state index is 12.5. The number of nitrogens with one attached hydrogen (secondary N) is 1. The highest BCUT2D eigenvalue weighted by atomic mass is 16.5. The molecule has 3 aliphatic rings. The highest BCUT2D eigenvalue weighted by molar-refractivity contribution is 5.76. The molecular weight excluding hydrogens is 468 g/mol. The summed E-state index contributed by atoms with van der Waals surface area (Å²) in [5.74, 6) is 0.219. The zero-order valence-electron chi connectivity index (χ0n) is 22.0. The molecule has 2 saturated heterocycles. The molecule has 0 radical (unpaired) electrons. The topological polar surface area (TPSA) is 96.8 Å². The second-order valence-corrected chi connectivity index (χ2v) is 10.6. The number of fused-ring (bicyclic) bond motifs is 1. The van der Waals surface area contributed by atoms with Crippen molar-refractivity contribution in [2.75, 3.05) is 38.2 Å². The van der Waals surface area contributed by atoms with Crippen LogP contribution < -0.4 is 5.32 Å². The number of anilines is 1. The lowest BCUT2D eigenvalue weighted by atomic mass is 9.96. The van der Waals surface area contributed by atoms with Gasteiger partial charge in [-0.05, 0) is 82.4 Å². The van der Waals surface area contributed by atoms with E-state index in [0.29, 0.717) is 26.3 Å². The summed E-state index contributed by atoms with van der Waals surface area (Å²) >= 11 is 0. The van der Waals surface area contributed by atoms with Crippen molar-refractivity contribution in [3.05, 3.63) is 52.5 Å². The molecule has 2 N–H and O–H groups in total. The van der Waals surface area contributed by atoms with Gasteiger partial charge in [-0.1, -0.05) is 12.1 Å². The number of aliphatic carboxylic acids is 1. The van der Waals surface area contributed by atoms with Gasteiger partial charge >= 0.3 is 5.97 Å². The summed E-state index contributed by atoms with van der Waals surface area (Å²) in [7, 11) is 0. The second-order valence-electron chi connectivity index (χ2n) is 10.6. The molecule has 0 spiro atoms. The molecule has 2 aromatic rings. The van der Waals surface area contributed by atoms with E-state index in [0.717, 1.165) is 86.4 Å². The van der Waals surface area contributed by atoms with Crippen LogP contribution in [0.3, 0.4) is 0 Å². The monoisotopic (exact) mass is 508 g/mol. The van der Waals surface area contributed by atoms with Crippen LogP contribution in [0, 0.1) is 6.92 Å². The van der Waals surface area contributed by atoms with Crippen molar-refractivity contribution in [2.24, 2.45) is 0 Å². The minimum atomic E-state index is -0.838. The molecule has 200 valence electrons. The SMILES string of the molecule is Cc1ccc([C@@H](C(=O)O)N2CC[C@@H](OCCCCc3ccc4c(n3)NCCC4)C2)c(C2CCCCO2)n1. The summed E-state index contributed by atoms with van der Waals surface area (Å²) in [6, 6.07) is 7.48. The van der Waals surface area contributed by atoms with Crippen LogP contribution in [0.25, 0.3) is 0 Å². The van der Waals surface area contributed by atoms with Crippen LogP contribution in [0.4, 0.5) is 5.82 Å². The molecule has 1 unspecified atom stereocenters. The van der Waals surface area contributed by atoms with Crippen LogP contribution in [0.1, 0.15) is 85.3 Å². The number of unbranched alkanes of at least 4 members (excludes halogenated alkanes) is 1. The number of carboxylic acids is 1. The van der Waals surface area contributed by atoms with E-state index in [-0.39, 0.29) is 12.2 Å². The van der Waals surface area contributed by atoms with E-state index in [1.54, 1.807) is 0 Å². The Morgan fingerprint density at radius 1 is 1.19 bits per heavy atom. The van der Waals surface area contributed by atoms with Crippen LogP contribution in [-0.4, -0.2) is 64.9 Å². The molecule has 3 atom stereocenters. The Hall–Kier alpha value is -2.55. The van der Waals surface area contributed by atoms with Crippen molar-refractivity contribution < 1.29 is 19.4 Å². The summed E-state index contributed by atoms with van der Waals surface area (Å²) in [6.45, 7) is 5.67. The van der Waals surface area contributed by atoms with E-state index in [2.05, 4.69) is 17.4 Å². The predicted molar refractivity (Wildman–Crippen MR) is 142 cm³/mol. The Bertz CT molecular complexity index is 1070. The maximum Gasteiger partial charge on any atom is 0.325 e. The first-order valence-electron chi connectivity index (χ1n) is 14.0. The molecule has 2 fully saturated rings. The molecule has 0 bridgehead atoms. The predicted octanol–water partition coefficient (Wildman–Crippen LogP) is 4.62. The third kappa shape index (κ3) is 6.48. The summed E-state index contributed by atoms with van der Waals surface area (Å²) in [6.07, 6.45) is 9.02. The number of pyridine rings is 2. The van der Waals surface area contributed by atoms with Crippen LogP contribution in [0.5, 0.6) is 0 Å². The van der Waals surface area contributed by atoms with Gasteiger partial charge in [0.2, 0.25) is 0 Å². The van der Waals surface area contributed by atoms with Gasteiger partial charge in [-0.25, -0.2) is 4.98 Å². The molecule has 2 aromatic heterocycles. The third-order valence-corrected chi connectivity index (χ3v) is 7.78. The molecule has 5 rings (SSSR count). The molecule has 0 amide bonds. The highest BCUT2D eigenvalue weighted by Gasteiger charge is 2.37. The minimum Gasteiger partial charge on any atom is -0.480 e. The first-order chi connectivity index (χ1) is 18.1. The van der Waals surface area contributed by atoms with E-state index in [1.165, 1.54) is 12.0 Å². The number of aromatic nitrogens is 2. The van der Waals surface area contributed by atoms with Crippen molar-refractivity contribution in [1.82, 2.24) is 14.9 Å². The number of carboxylic acid groups (broad SMARTS) is 1. The molecule has 8 heteroatoms. The molecule has 0 saturated carbocycles. The number of hydrogen-bond acceptors (Lipinski definition) is 7. The minimum absolute atomic E-state index is 0.0562. The smallest absolute Gasteiger partial charge is 0.325 e. The van der Waals surface area contributed by atoms with Crippen molar-refractivity contribution >= 4 is 11.8 Å². The number of likely N-dealkylation sites (tertiary alicyclic amines) is 1. The molecule has 0 aliphatic carbocycles. The van der Waals surface area contributed by atoms with Gasteiger partial charge in [-0.3, -0.25) is 14.7 Å². The van der Waals surface area contributed by atoms with Gasteiger partial charge in [-0.15, -0.1) is 0 Å². The Labute approximate surface area is 219 Å². The average Bonchev–Trinajstić information content (AvgIpc) is 3.38. The van der Waals surface area contributed by atoms with Gasteiger partial charge < -0.3 is 19.9 Å². The number of ether oxygens (including phenoxy) is 2. The fraction of sp³-hybridized carbons (Fsp3) is 0.621. The number of aryl methyl sites for hydroxylation is 3. The summed E-state index contributed by atoms with van der Waals surface area (Å²) in [5.41, 5.74) is 4.90. The van der Waals surface area contributed by atoms with Crippen molar-refractivity contribution in [3.63, 3.8) is 0 Å². The number of nitrogens with zero attached hydrogens (tertiary/aromatic N) is 3. The summed E-state index contributed by atoms with van der Waals surface area (Å²) in [4.78, 5) is 24.0. The van der Waals surface area contributed by atoms with Gasteiger partial charge in [0.1, 0.15) is 11.9 Å². The van der Waals surface area contributed by atoms with E-state index < -0.39 is 12.0 Å². The van der Waals surface area contributed by atoms with E-state index >= 15 is 0 Å². The second kappa shape index (κ2) is 12.3. The fourth-order valence-electron chi connectivity index (χ4n) is 5.81. The van der Waals surface area contributed by atoms with Gasteiger partial charge in [0.05, 0.1) is 17.9 Å². The molecule has 0 aromatic carbocycles. The molecule has 5 heterocycles. The lowest BCUT2D eigenvalue weighted by Gasteiger charge is -2.30. The van der Waals surface area contributed by atoms with Crippen molar-refractivity contribution in [1.29, 1.82) is 0 Å². The molecule has 3 aliphatic heterocycles. The van der Waals surface area contributed by atoms with E-state index in [9.17, 15) is 9.90 Å². The van der Waals surface area contributed by atoms with Gasteiger partial charge in [0.15, 0.2) is 0 Å². The number of carbonyl (C=O) groups is 1. The standard InChI is InChI=1S/C29H40N4O4/c1-20-10-13-24(26(31-20)25-9-3-5-18-37-25)27(29(34)35)33-16-14-23(19-33)36-17-4-2-8-22-12-11-21-7-6-15-30-28(21)32-22/h10-13,23,25,27H,2-9,14-19H2,1H3,(H,30,32)(H,34,35)/t23-,25?,27+/m1/s1. The Morgan fingerprint density at radius 3 is 2.95 bits per heavy atom. The Balaban J connectivity index is 1.13. The fourth-order valence-corrected chi connectivity index (χ4v) is 5.81. The summed E-state index contributed by atoms with van der Waals surface area (Å²) in [5, 5.41) is 13.6. The first-order valence-corrected chi connectivity index (χ1v) is 14.0. The van der Waals surface area contributed by atoms with Crippen molar-refractivity contribution in [3.8, 4) is 0 Å². The summed E-state index contributed by atoms with van der Waals surface area (Å²) < 4.78 is 12.2. The largest absolute Gasteiger partial charge is 0.480 e. The lowest BCUT2D eigenvalue weighted by molar-refractivity contribution is -0.143. The quantitative estimate of drug-likeness (QED) is 0.449. The number of rotatable bonds is 10. The Morgan fingerprint density at radius 2 is 2.11 bits per heavy atom. The zero-order chi connectivity index (χ0) is 25.6. The number of hydrogen-bond donors (Lipinski definition) is 2. The highest BCUT2D eigenvalue weighted by Crippen LogP contribution is 2.35. The normalized spacial score (nSPS) is 22.8. The zero-order valence-corrected chi connectivity index (χ0v) is 22.0. The van der Waals surface area contributed by atoms with E-state index in [4.69, 9.17) is 19.4 Å². The molecular formula is C29H40N4O4.